The predicted molar refractivity (Wildman–Crippen MR) is 103 cm³/mol. The average Bonchev–Trinajstić information content (AvgIpc) is 2.84. The Labute approximate surface area is 154 Å². The summed E-state index contributed by atoms with van der Waals surface area (Å²) in [5.41, 5.74) is 0.437. The Morgan fingerprint density at radius 1 is 1.38 bits per heavy atom. The van der Waals surface area contributed by atoms with Crippen LogP contribution in [0.5, 0.6) is 0 Å². The Morgan fingerprint density at radius 2 is 2.19 bits per heavy atom. The maximum atomic E-state index is 13.6. The molecule has 1 aliphatic rings. The summed E-state index contributed by atoms with van der Waals surface area (Å²) in [6.45, 7) is 9.79. The number of halogens is 1. The van der Waals surface area contributed by atoms with Gasteiger partial charge in [0.15, 0.2) is 0 Å². The average molecular weight is 360 g/mol. The molecule has 0 spiro atoms. The molecule has 0 unspecified atom stereocenters. The Bertz CT molecular complexity index is 819. The van der Waals surface area contributed by atoms with Crippen molar-refractivity contribution < 1.29 is 4.39 Å². The molecule has 1 aromatic heterocycles. The van der Waals surface area contributed by atoms with Gasteiger partial charge in [-0.1, -0.05) is 13.3 Å². The van der Waals surface area contributed by atoms with E-state index in [9.17, 15) is 9.18 Å². The molecule has 0 amide bonds. The van der Waals surface area contributed by atoms with Gasteiger partial charge in [-0.15, -0.1) is 0 Å². The summed E-state index contributed by atoms with van der Waals surface area (Å²) in [6.07, 6.45) is 3.05. The van der Waals surface area contributed by atoms with Crippen LogP contribution in [-0.2, 0) is 6.54 Å². The minimum Gasteiger partial charge on any atom is -0.313 e. The molecule has 0 radical (unpaired) electrons. The fraction of sp³-hybridized carbons (Fsp3) is 0.600. The van der Waals surface area contributed by atoms with Crippen molar-refractivity contribution in [2.75, 3.05) is 19.6 Å². The van der Waals surface area contributed by atoms with Crippen LogP contribution in [0.25, 0.3) is 10.9 Å². The summed E-state index contributed by atoms with van der Waals surface area (Å²) in [7, 11) is 0. The first-order chi connectivity index (χ1) is 12.5. The molecule has 2 atom stereocenters. The van der Waals surface area contributed by atoms with Gasteiger partial charge in [0.1, 0.15) is 11.6 Å². The second-order valence-electron chi connectivity index (χ2n) is 7.19. The fourth-order valence-electron chi connectivity index (χ4n) is 3.94. The summed E-state index contributed by atoms with van der Waals surface area (Å²) in [5, 5.41) is 3.88. The Kier molecular flexibility index (Phi) is 6.04. The van der Waals surface area contributed by atoms with Crippen molar-refractivity contribution in [1.82, 2.24) is 19.8 Å². The van der Waals surface area contributed by atoms with Crippen molar-refractivity contribution in [1.29, 1.82) is 0 Å². The lowest BCUT2D eigenvalue weighted by Crippen LogP contribution is -2.40. The zero-order chi connectivity index (χ0) is 18.7. The first-order valence-electron chi connectivity index (χ1n) is 9.72. The van der Waals surface area contributed by atoms with Crippen LogP contribution in [0.1, 0.15) is 51.9 Å². The maximum absolute atomic E-state index is 13.6. The largest absolute Gasteiger partial charge is 0.313 e. The van der Waals surface area contributed by atoms with Crippen molar-refractivity contribution in [3.63, 3.8) is 0 Å². The first-order valence-corrected chi connectivity index (χ1v) is 9.72. The third kappa shape index (κ3) is 3.81. The highest BCUT2D eigenvalue weighted by Gasteiger charge is 2.27. The van der Waals surface area contributed by atoms with Crippen molar-refractivity contribution in [3.8, 4) is 0 Å². The van der Waals surface area contributed by atoms with Crippen LogP contribution >= 0.6 is 0 Å². The van der Waals surface area contributed by atoms with E-state index in [1.165, 1.54) is 12.1 Å². The molecule has 1 N–H and O–H groups in total. The van der Waals surface area contributed by atoms with Crippen LogP contribution in [0.4, 0.5) is 4.39 Å². The van der Waals surface area contributed by atoms with Gasteiger partial charge in [-0.2, -0.15) is 0 Å². The van der Waals surface area contributed by atoms with E-state index in [1.807, 2.05) is 6.92 Å². The zero-order valence-corrected chi connectivity index (χ0v) is 16.0. The van der Waals surface area contributed by atoms with E-state index in [4.69, 9.17) is 4.98 Å². The molecule has 0 saturated carbocycles. The smallest absolute Gasteiger partial charge is 0.261 e. The van der Waals surface area contributed by atoms with Crippen LogP contribution in [0.2, 0.25) is 0 Å². The SMILES string of the molecule is CCC[C@@H](c1nc2ccc(F)cc2c(=O)n1CC)N1CCCN[C@H](C)C1. The van der Waals surface area contributed by atoms with E-state index in [1.54, 1.807) is 10.6 Å². The van der Waals surface area contributed by atoms with Gasteiger partial charge in [0.05, 0.1) is 16.9 Å². The summed E-state index contributed by atoms with van der Waals surface area (Å²) < 4.78 is 15.3. The molecule has 142 valence electrons. The van der Waals surface area contributed by atoms with Gasteiger partial charge in [0.2, 0.25) is 0 Å². The number of benzene rings is 1. The molecule has 1 fully saturated rings. The third-order valence-corrected chi connectivity index (χ3v) is 5.19. The number of hydrogen-bond acceptors (Lipinski definition) is 4. The van der Waals surface area contributed by atoms with Crippen molar-refractivity contribution >= 4 is 10.9 Å². The molecule has 0 aliphatic carbocycles. The minimum atomic E-state index is -0.399. The summed E-state index contributed by atoms with van der Waals surface area (Å²) in [4.78, 5) is 20.3. The van der Waals surface area contributed by atoms with Gasteiger partial charge in [-0.05, 0) is 51.4 Å². The predicted octanol–water partition coefficient (Wildman–Crippen LogP) is 3.08. The molecule has 1 aromatic carbocycles. The Morgan fingerprint density at radius 3 is 2.92 bits per heavy atom. The molecular formula is C20H29FN4O. The molecule has 26 heavy (non-hydrogen) atoms. The highest BCUT2D eigenvalue weighted by molar-refractivity contribution is 5.77. The van der Waals surface area contributed by atoms with Crippen molar-refractivity contribution in [3.05, 3.63) is 40.2 Å². The Balaban J connectivity index is 2.12. The Hall–Kier alpha value is -1.79. The molecule has 5 nitrogen and oxygen atoms in total. The number of nitrogens with zero attached hydrogens (tertiary/aromatic N) is 3. The number of fused-ring (bicyclic) bond motifs is 1. The quantitative estimate of drug-likeness (QED) is 0.890. The van der Waals surface area contributed by atoms with Gasteiger partial charge in [-0.3, -0.25) is 14.3 Å². The molecule has 2 heterocycles. The zero-order valence-electron chi connectivity index (χ0n) is 16.0. The van der Waals surface area contributed by atoms with Crippen LogP contribution in [0, 0.1) is 5.82 Å². The normalized spacial score (nSPS) is 20.2. The van der Waals surface area contributed by atoms with Crippen LogP contribution < -0.4 is 10.9 Å². The van der Waals surface area contributed by atoms with E-state index in [0.717, 1.165) is 44.7 Å². The lowest BCUT2D eigenvalue weighted by atomic mass is 10.1. The first kappa shape index (κ1) is 19.0. The molecule has 1 aliphatic heterocycles. The van der Waals surface area contributed by atoms with E-state index in [-0.39, 0.29) is 11.6 Å². The van der Waals surface area contributed by atoms with E-state index in [2.05, 4.69) is 24.1 Å². The van der Waals surface area contributed by atoms with E-state index in [0.29, 0.717) is 23.5 Å². The second-order valence-corrected chi connectivity index (χ2v) is 7.19. The van der Waals surface area contributed by atoms with Gasteiger partial charge < -0.3 is 5.32 Å². The standard InChI is InChI=1S/C20H29FN4O/c1-4-7-18(24-11-6-10-22-14(3)13-24)19-23-17-9-8-15(21)12-16(17)20(26)25(19)5-2/h8-9,12,14,18,22H,4-7,10-11,13H2,1-3H3/t14-,18+/m1/s1. The third-order valence-electron chi connectivity index (χ3n) is 5.19. The second kappa shape index (κ2) is 8.27. The van der Waals surface area contributed by atoms with Crippen LogP contribution in [0.15, 0.2) is 23.0 Å². The van der Waals surface area contributed by atoms with Crippen molar-refractivity contribution in [2.45, 2.75) is 58.7 Å². The van der Waals surface area contributed by atoms with Crippen molar-refractivity contribution in [2.24, 2.45) is 0 Å². The number of rotatable bonds is 5. The number of nitrogens with one attached hydrogen (secondary N) is 1. The molecule has 0 bridgehead atoms. The van der Waals surface area contributed by atoms with Gasteiger partial charge in [0.25, 0.3) is 5.56 Å². The summed E-state index contributed by atoms with van der Waals surface area (Å²) in [5.74, 6) is 0.414. The molecule has 3 rings (SSSR count). The molecule has 1 saturated heterocycles. The van der Waals surface area contributed by atoms with E-state index < -0.39 is 5.82 Å². The monoisotopic (exact) mass is 360 g/mol. The van der Waals surface area contributed by atoms with Crippen LogP contribution in [0.3, 0.4) is 0 Å². The molecular weight excluding hydrogens is 331 g/mol. The highest BCUT2D eigenvalue weighted by atomic mass is 19.1. The van der Waals surface area contributed by atoms with Gasteiger partial charge >= 0.3 is 0 Å². The van der Waals surface area contributed by atoms with Gasteiger partial charge in [-0.25, -0.2) is 9.37 Å². The van der Waals surface area contributed by atoms with Crippen LogP contribution in [-0.4, -0.2) is 40.1 Å². The fourth-order valence-corrected chi connectivity index (χ4v) is 3.94. The van der Waals surface area contributed by atoms with E-state index >= 15 is 0 Å². The number of hydrogen-bond donors (Lipinski definition) is 1. The molecule has 2 aromatic rings. The van der Waals surface area contributed by atoms with Gasteiger partial charge in [0, 0.05) is 25.7 Å². The highest BCUT2D eigenvalue weighted by Crippen LogP contribution is 2.26. The lowest BCUT2D eigenvalue weighted by molar-refractivity contribution is 0.174. The summed E-state index contributed by atoms with van der Waals surface area (Å²) >= 11 is 0. The molecule has 6 heteroatoms. The maximum Gasteiger partial charge on any atom is 0.261 e. The number of aromatic nitrogens is 2. The topological polar surface area (TPSA) is 50.2 Å². The summed E-state index contributed by atoms with van der Waals surface area (Å²) in [6, 6.07) is 4.80. The lowest BCUT2D eigenvalue weighted by Gasteiger charge is -2.32. The minimum absolute atomic E-state index is 0.101.